The number of fused-ring (bicyclic) bond motifs is 1. The maximum absolute atomic E-state index is 13.0. The second-order valence-corrected chi connectivity index (χ2v) is 7.29. The average molecular weight is 373 g/mol. The van der Waals surface area contributed by atoms with Gasteiger partial charge in [0.2, 0.25) is 0 Å². The van der Waals surface area contributed by atoms with Crippen LogP contribution in [-0.2, 0) is 0 Å². The number of rotatable bonds is 2. The van der Waals surface area contributed by atoms with E-state index in [0.717, 1.165) is 29.3 Å². The summed E-state index contributed by atoms with van der Waals surface area (Å²) in [6, 6.07) is 7.27. The van der Waals surface area contributed by atoms with E-state index < -0.39 is 0 Å². The molecule has 0 bridgehead atoms. The normalized spacial score (nSPS) is 15.0. The third-order valence-corrected chi connectivity index (χ3v) is 5.74. The monoisotopic (exact) mass is 372 g/mol. The predicted octanol–water partition coefficient (Wildman–Crippen LogP) is 3.62. The lowest BCUT2D eigenvalue weighted by Gasteiger charge is -2.34. The molecule has 3 aromatic rings. The molecule has 1 amide bonds. The second-order valence-electron chi connectivity index (χ2n) is 6.05. The Morgan fingerprint density at radius 1 is 1.20 bits per heavy atom. The number of piperazine rings is 1. The Hall–Kier alpha value is -2.18. The van der Waals surface area contributed by atoms with Gasteiger partial charge in [0, 0.05) is 43.1 Å². The zero-order valence-corrected chi connectivity index (χ0v) is 15.3. The molecule has 7 heteroatoms. The molecule has 0 saturated carbocycles. The van der Waals surface area contributed by atoms with Gasteiger partial charge in [-0.05, 0) is 31.2 Å². The van der Waals surface area contributed by atoms with Crippen LogP contribution in [0.5, 0.6) is 0 Å². The molecule has 4 rings (SSSR count). The quantitative estimate of drug-likeness (QED) is 0.689. The van der Waals surface area contributed by atoms with Crippen molar-refractivity contribution in [3.05, 3.63) is 52.1 Å². The number of anilines is 1. The minimum Gasteiger partial charge on any atom is -0.345 e. The SMILES string of the molecule is Cc1csc(N2CCN(C(=O)c3ccc(Cl)c4cccnc34)CC2)n1. The van der Waals surface area contributed by atoms with Crippen LogP contribution in [0.2, 0.25) is 5.02 Å². The van der Waals surface area contributed by atoms with Crippen molar-refractivity contribution >= 4 is 44.9 Å². The molecule has 0 unspecified atom stereocenters. The number of carbonyl (C=O) groups excluding carboxylic acids is 1. The summed E-state index contributed by atoms with van der Waals surface area (Å²) >= 11 is 7.88. The highest BCUT2D eigenvalue weighted by atomic mass is 35.5. The molecule has 1 aliphatic rings. The Labute approximate surface area is 154 Å². The third kappa shape index (κ3) is 3.07. The van der Waals surface area contributed by atoms with Crippen LogP contribution in [-0.4, -0.2) is 47.0 Å². The van der Waals surface area contributed by atoms with Crippen molar-refractivity contribution in [2.45, 2.75) is 6.92 Å². The van der Waals surface area contributed by atoms with E-state index in [4.69, 9.17) is 11.6 Å². The van der Waals surface area contributed by atoms with Gasteiger partial charge in [0.15, 0.2) is 5.13 Å². The summed E-state index contributed by atoms with van der Waals surface area (Å²) < 4.78 is 0. The number of pyridine rings is 1. The summed E-state index contributed by atoms with van der Waals surface area (Å²) in [5.74, 6) is 0.00957. The summed E-state index contributed by atoms with van der Waals surface area (Å²) in [6.07, 6.45) is 1.69. The van der Waals surface area contributed by atoms with Gasteiger partial charge >= 0.3 is 0 Å². The highest BCUT2D eigenvalue weighted by Crippen LogP contribution is 2.26. The fourth-order valence-electron chi connectivity index (χ4n) is 3.07. The van der Waals surface area contributed by atoms with Crippen LogP contribution >= 0.6 is 22.9 Å². The van der Waals surface area contributed by atoms with E-state index in [1.54, 1.807) is 29.7 Å². The van der Waals surface area contributed by atoms with Gasteiger partial charge in [-0.2, -0.15) is 0 Å². The van der Waals surface area contributed by atoms with Crippen LogP contribution < -0.4 is 4.90 Å². The second kappa shape index (κ2) is 6.61. The first-order chi connectivity index (χ1) is 12.1. The van der Waals surface area contributed by atoms with Crippen molar-refractivity contribution in [1.82, 2.24) is 14.9 Å². The molecule has 3 heterocycles. The summed E-state index contributed by atoms with van der Waals surface area (Å²) in [7, 11) is 0. The zero-order valence-electron chi connectivity index (χ0n) is 13.8. The summed E-state index contributed by atoms with van der Waals surface area (Å²) in [6.45, 7) is 4.93. The Kier molecular flexibility index (Phi) is 4.31. The zero-order chi connectivity index (χ0) is 17.4. The molecule has 1 saturated heterocycles. The summed E-state index contributed by atoms with van der Waals surface area (Å²) in [4.78, 5) is 26.0. The van der Waals surface area contributed by atoms with Crippen LogP contribution in [0.15, 0.2) is 35.8 Å². The number of nitrogens with zero attached hydrogens (tertiary/aromatic N) is 4. The first kappa shape index (κ1) is 16.3. The maximum Gasteiger partial charge on any atom is 0.256 e. The number of halogens is 1. The average Bonchev–Trinajstić information content (AvgIpc) is 3.08. The Morgan fingerprint density at radius 3 is 2.72 bits per heavy atom. The van der Waals surface area contributed by atoms with Crippen molar-refractivity contribution in [1.29, 1.82) is 0 Å². The molecule has 1 aromatic carbocycles. The molecule has 0 spiro atoms. The minimum atomic E-state index is 0.00957. The van der Waals surface area contributed by atoms with Crippen LogP contribution in [0.3, 0.4) is 0 Å². The number of carbonyl (C=O) groups is 1. The number of aryl methyl sites for hydroxylation is 1. The molecule has 0 aliphatic carbocycles. The lowest BCUT2D eigenvalue weighted by molar-refractivity contribution is 0.0748. The van der Waals surface area contributed by atoms with E-state index in [2.05, 4.69) is 20.2 Å². The number of benzene rings is 1. The van der Waals surface area contributed by atoms with Crippen molar-refractivity contribution in [2.24, 2.45) is 0 Å². The summed E-state index contributed by atoms with van der Waals surface area (Å²) in [5.41, 5.74) is 2.31. The summed E-state index contributed by atoms with van der Waals surface area (Å²) in [5, 5.41) is 4.51. The Bertz CT molecular complexity index is 934. The molecule has 5 nitrogen and oxygen atoms in total. The minimum absolute atomic E-state index is 0.00957. The van der Waals surface area contributed by atoms with Gasteiger partial charge in [-0.3, -0.25) is 9.78 Å². The topological polar surface area (TPSA) is 49.3 Å². The Morgan fingerprint density at radius 2 is 2.00 bits per heavy atom. The van der Waals surface area contributed by atoms with E-state index in [9.17, 15) is 4.79 Å². The van der Waals surface area contributed by atoms with Crippen molar-refractivity contribution in [3.63, 3.8) is 0 Å². The van der Waals surface area contributed by atoms with E-state index in [1.165, 1.54) is 0 Å². The first-order valence-electron chi connectivity index (χ1n) is 8.13. The number of amides is 1. The molecule has 0 radical (unpaired) electrons. The van der Waals surface area contributed by atoms with Gasteiger partial charge in [0.1, 0.15) is 0 Å². The fourth-order valence-corrected chi connectivity index (χ4v) is 4.14. The Balaban J connectivity index is 1.54. The molecule has 0 atom stereocenters. The molecular weight excluding hydrogens is 356 g/mol. The molecule has 25 heavy (non-hydrogen) atoms. The van der Waals surface area contributed by atoms with E-state index in [1.807, 2.05) is 24.0 Å². The van der Waals surface area contributed by atoms with E-state index in [0.29, 0.717) is 29.2 Å². The van der Waals surface area contributed by atoms with Gasteiger partial charge in [0.05, 0.1) is 21.8 Å². The largest absolute Gasteiger partial charge is 0.345 e. The lowest BCUT2D eigenvalue weighted by atomic mass is 10.1. The maximum atomic E-state index is 13.0. The fraction of sp³-hybridized carbons (Fsp3) is 0.278. The van der Waals surface area contributed by atoms with Gasteiger partial charge in [0.25, 0.3) is 5.91 Å². The molecular formula is C18H17ClN4OS. The number of thiazole rings is 1. The van der Waals surface area contributed by atoms with E-state index in [-0.39, 0.29) is 5.91 Å². The standard InChI is InChI=1S/C18H17ClN4OS/c1-12-11-25-18(21-12)23-9-7-22(8-10-23)17(24)14-4-5-15(19)13-3-2-6-20-16(13)14/h2-6,11H,7-10H2,1H3. The number of hydrogen-bond acceptors (Lipinski definition) is 5. The molecule has 128 valence electrons. The van der Waals surface area contributed by atoms with E-state index >= 15 is 0 Å². The van der Waals surface area contributed by atoms with Crippen LogP contribution in [0, 0.1) is 6.92 Å². The van der Waals surface area contributed by atoms with Crippen molar-refractivity contribution in [2.75, 3.05) is 31.1 Å². The van der Waals surface area contributed by atoms with Gasteiger partial charge < -0.3 is 9.80 Å². The highest BCUT2D eigenvalue weighted by molar-refractivity contribution is 7.13. The predicted molar refractivity (Wildman–Crippen MR) is 102 cm³/mol. The van der Waals surface area contributed by atoms with Crippen LogP contribution in [0.4, 0.5) is 5.13 Å². The number of aromatic nitrogens is 2. The number of hydrogen-bond donors (Lipinski definition) is 0. The lowest BCUT2D eigenvalue weighted by Crippen LogP contribution is -2.48. The van der Waals surface area contributed by atoms with Crippen molar-refractivity contribution < 1.29 is 4.79 Å². The smallest absolute Gasteiger partial charge is 0.256 e. The highest BCUT2D eigenvalue weighted by Gasteiger charge is 2.25. The van der Waals surface area contributed by atoms with Crippen molar-refractivity contribution in [3.8, 4) is 0 Å². The molecule has 1 fully saturated rings. The van der Waals surface area contributed by atoms with Crippen LogP contribution in [0.25, 0.3) is 10.9 Å². The first-order valence-corrected chi connectivity index (χ1v) is 9.39. The van der Waals surface area contributed by atoms with Gasteiger partial charge in [-0.25, -0.2) is 4.98 Å². The van der Waals surface area contributed by atoms with Gasteiger partial charge in [-0.15, -0.1) is 11.3 Å². The molecule has 0 N–H and O–H groups in total. The third-order valence-electron chi connectivity index (χ3n) is 4.39. The van der Waals surface area contributed by atoms with Gasteiger partial charge in [-0.1, -0.05) is 11.6 Å². The van der Waals surface area contributed by atoms with Crippen LogP contribution in [0.1, 0.15) is 16.1 Å². The molecule has 2 aromatic heterocycles. The molecule has 1 aliphatic heterocycles.